The van der Waals surface area contributed by atoms with E-state index in [1.165, 1.54) is 5.56 Å². The Hall–Kier alpha value is -2.69. The standard InChI is InChI=1S/C23H28N2O3/c1-15(2)25-23(28)20-11-12-21(24-14-20)19-9-7-18(8-10-19)17-5-3-16(4-6-17)13-22(26)27/h7-12,14-17H,3-6,13H2,1-2H3,(H,25,28)(H,26,27). The fraction of sp³-hybridized carbons (Fsp3) is 0.435. The van der Waals surface area contributed by atoms with Crippen molar-refractivity contribution in [1.29, 1.82) is 0 Å². The van der Waals surface area contributed by atoms with Crippen LogP contribution in [0, 0.1) is 5.92 Å². The van der Waals surface area contributed by atoms with Crippen LogP contribution < -0.4 is 5.32 Å². The molecular weight excluding hydrogens is 352 g/mol. The highest BCUT2D eigenvalue weighted by atomic mass is 16.4. The molecule has 5 nitrogen and oxygen atoms in total. The van der Waals surface area contributed by atoms with Crippen LogP contribution in [0.2, 0.25) is 0 Å². The maximum Gasteiger partial charge on any atom is 0.303 e. The highest BCUT2D eigenvalue weighted by Gasteiger charge is 2.24. The zero-order valence-electron chi connectivity index (χ0n) is 16.5. The Bertz CT molecular complexity index is 805. The molecule has 0 aliphatic heterocycles. The number of carboxylic acids is 1. The molecular formula is C23H28N2O3. The van der Waals surface area contributed by atoms with Crippen molar-refractivity contribution >= 4 is 11.9 Å². The van der Waals surface area contributed by atoms with Crippen molar-refractivity contribution in [2.45, 2.75) is 57.9 Å². The SMILES string of the molecule is CC(C)NC(=O)c1ccc(-c2ccc(C3CCC(CC(=O)O)CC3)cc2)nc1. The smallest absolute Gasteiger partial charge is 0.303 e. The summed E-state index contributed by atoms with van der Waals surface area (Å²) >= 11 is 0. The van der Waals surface area contributed by atoms with Gasteiger partial charge in [0.25, 0.3) is 5.91 Å². The quantitative estimate of drug-likeness (QED) is 0.765. The molecule has 1 amide bonds. The predicted octanol–water partition coefficient (Wildman–Crippen LogP) is 4.64. The lowest BCUT2D eigenvalue weighted by atomic mass is 9.77. The number of carbonyl (C=O) groups is 2. The Labute approximate surface area is 166 Å². The molecule has 1 aliphatic carbocycles. The number of nitrogens with one attached hydrogen (secondary N) is 1. The van der Waals surface area contributed by atoms with Crippen LogP contribution in [-0.2, 0) is 4.79 Å². The molecule has 2 aromatic rings. The fourth-order valence-electron chi connectivity index (χ4n) is 3.92. The van der Waals surface area contributed by atoms with E-state index in [2.05, 4.69) is 34.6 Å². The number of amides is 1. The van der Waals surface area contributed by atoms with E-state index in [0.717, 1.165) is 36.9 Å². The second-order valence-corrected chi connectivity index (χ2v) is 8.00. The molecule has 3 rings (SSSR count). The van der Waals surface area contributed by atoms with Crippen molar-refractivity contribution < 1.29 is 14.7 Å². The number of hydrogen-bond donors (Lipinski definition) is 2. The average Bonchev–Trinajstić information content (AvgIpc) is 2.68. The molecule has 148 valence electrons. The summed E-state index contributed by atoms with van der Waals surface area (Å²) < 4.78 is 0. The Morgan fingerprint density at radius 3 is 2.29 bits per heavy atom. The van der Waals surface area contributed by atoms with Gasteiger partial charge in [0, 0.05) is 24.2 Å². The van der Waals surface area contributed by atoms with E-state index in [0.29, 0.717) is 23.8 Å². The van der Waals surface area contributed by atoms with Crippen LogP contribution in [-0.4, -0.2) is 28.0 Å². The van der Waals surface area contributed by atoms with Crippen molar-refractivity contribution in [3.05, 3.63) is 53.7 Å². The first kappa shape index (κ1) is 20.1. The van der Waals surface area contributed by atoms with Gasteiger partial charge in [0.15, 0.2) is 0 Å². The van der Waals surface area contributed by atoms with Gasteiger partial charge in [-0.05, 0) is 69.1 Å². The number of carboxylic acid groups (broad SMARTS) is 1. The van der Waals surface area contributed by atoms with Crippen molar-refractivity contribution in [3.63, 3.8) is 0 Å². The number of aromatic nitrogens is 1. The maximum absolute atomic E-state index is 12.0. The van der Waals surface area contributed by atoms with Crippen molar-refractivity contribution in [3.8, 4) is 11.3 Å². The predicted molar refractivity (Wildman–Crippen MR) is 109 cm³/mol. The van der Waals surface area contributed by atoms with Gasteiger partial charge in [-0.15, -0.1) is 0 Å². The van der Waals surface area contributed by atoms with Gasteiger partial charge in [0.1, 0.15) is 0 Å². The van der Waals surface area contributed by atoms with Crippen LogP contribution in [0.25, 0.3) is 11.3 Å². The Balaban J connectivity index is 1.62. The summed E-state index contributed by atoms with van der Waals surface area (Å²) in [7, 11) is 0. The molecule has 2 N–H and O–H groups in total. The molecule has 0 radical (unpaired) electrons. The van der Waals surface area contributed by atoms with Crippen LogP contribution in [0.1, 0.15) is 67.8 Å². The van der Waals surface area contributed by atoms with E-state index in [9.17, 15) is 9.59 Å². The minimum absolute atomic E-state index is 0.0962. The summed E-state index contributed by atoms with van der Waals surface area (Å²) in [4.78, 5) is 27.3. The molecule has 1 aromatic carbocycles. The van der Waals surface area contributed by atoms with Crippen LogP contribution >= 0.6 is 0 Å². The zero-order valence-corrected chi connectivity index (χ0v) is 16.5. The van der Waals surface area contributed by atoms with Crippen molar-refractivity contribution in [2.75, 3.05) is 0 Å². The summed E-state index contributed by atoms with van der Waals surface area (Å²) in [6.45, 7) is 3.86. The second kappa shape index (κ2) is 9.00. The van der Waals surface area contributed by atoms with Gasteiger partial charge in [0.2, 0.25) is 0 Å². The number of rotatable bonds is 6. The molecule has 0 bridgehead atoms. The molecule has 1 aromatic heterocycles. The lowest BCUT2D eigenvalue weighted by Gasteiger charge is -2.28. The third-order valence-electron chi connectivity index (χ3n) is 5.43. The first-order valence-electron chi connectivity index (χ1n) is 10.0. The average molecular weight is 380 g/mol. The molecule has 1 fully saturated rings. The minimum Gasteiger partial charge on any atom is -0.481 e. The summed E-state index contributed by atoms with van der Waals surface area (Å²) in [5, 5.41) is 11.8. The Morgan fingerprint density at radius 1 is 1.07 bits per heavy atom. The van der Waals surface area contributed by atoms with Crippen LogP contribution in [0.4, 0.5) is 0 Å². The van der Waals surface area contributed by atoms with Gasteiger partial charge in [-0.1, -0.05) is 24.3 Å². The lowest BCUT2D eigenvalue weighted by Crippen LogP contribution is -2.30. The van der Waals surface area contributed by atoms with E-state index >= 15 is 0 Å². The van der Waals surface area contributed by atoms with Crippen molar-refractivity contribution in [2.24, 2.45) is 5.92 Å². The summed E-state index contributed by atoms with van der Waals surface area (Å²) in [6.07, 6.45) is 5.98. The Kier molecular flexibility index (Phi) is 6.45. The van der Waals surface area contributed by atoms with Gasteiger partial charge in [-0.25, -0.2) is 0 Å². The summed E-state index contributed by atoms with van der Waals surface area (Å²) in [5.41, 5.74) is 3.74. The maximum atomic E-state index is 12.0. The fourth-order valence-corrected chi connectivity index (χ4v) is 3.92. The van der Waals surface area contributed by atoms with E-state index in [1.807, 2.05) is 19.9 Å². The van der Waals surface area contributed by atoms with Gasteiger partial charge < -0.3 is 10.4 Å². The van der Waals surface area contributed by atoms with Crippen LogP contribution in [0.5, 0.6) is 0 Å². The van der Waals surface area contributed by atoms with E-state index in [-0.39, 0.29) is 11.9 Å². The minimum atomic E-state index is -0.687. The molecule has 0 spiro atoms. The van der Waals surface area contributed by atoms with Gasteiger partial charge in [-0.2, -0.15) is 0 Å². The normalized spacial score (nSPS) is 19.4. The van der Waals surface area contributed by atoms with Gasteiger partial charge in [-0.3, -0.25) is 14.6 Å². The highest BCUT2D eigenvalue weighted by Crippen LogP contribution is 2.37. The number of carbonyl (C=O) groups excluding carboxylic acids is 1. The third kappa shape index (κ3) is 5.18. The lowest BCUT2D eigenvalue weighted by molar-refractivity contribution is -0.138. The molecule has 0 unspecified atom stereocenters. The van der Waals surface area contributed by atoms with Gasteiger partial charge in [0.05, 0.1) is 11.3 Å². The van der Waals surface area contributed by atoms with E-state index < -0.39 is 5.97 Å². The van der Waals surface area contributed by atoms with E-state index in [4.69, 9.17) is 5.11 Å². The molecule has 1 heterocycles. The number of hydrogen-bond acceptors (Lipinski definition) is 3. The van der Waals surface area contributed by atoms with Crippen molar-refractivity contribution in [1.82, 2.24) is 10.3 Å². The second-order valence-electron chi connectivity index (χ2n) is 8.00. The van der Waals surface area contributed by atoms with Crippen LogP contribution in [0.15, 0.2) is 42.6 Å². The molecule has 5 heteroatoms. The molecule has 1 saturated carbocycles. The van der Waals surface area contributed by atoms with Gasteiger partial charge >= 0.3 is 5.97 Å². The first-order valence-corrected chi connectivity index (χ1v) is 10.0. The largest absolute Gasteiger partial charge is 0.481 e. The molecule has 28 heavy (non-hydrogen) atoms. The topological polar surface area (TPSA) is 79.3 Å². The number of pyridine rings is 1. The molecule has 0 atom stereocenters. The van der Waals surface area contributed by atoms with E-state index in [1.54, 1.807) is 12.3 Å². The monoisotopic (exact) mass is 380 g/mol. The number of nitrogens with zero attached hydrogens (tertiary/aromatic N) is 1. The first-order chi connectivity index (χ1) is 13.4. The van der Waals surface area contributed by atoms with Crippen LogP contribution in [0.3, 0.4) is 0 Å². The zero-order chi connectivity index (χ0) is 20.1. The number of benzene rings is 1. The Morgan fingerprint density at radius 2 is 1.75 bits per heavy atom. The third-order valence-corrected chi connectivity index (χ3v) is 5.43. The summed E-state index contributed by atoms with van der Waals surface area (Å²) in [6, 6.07) is 12.2. The molecule has 1 aliphatic rings. The number of aliphatic carboxylic acids is 1. The molecule has 0 saturated heterocycles. The summed E-state index contributed by atoms with van der Waals surface area (Å²) in [5.74, 6) is 0.0358. The highest BCUT2D eigenvalue weighted by molar-refractivity contribution is 5.94.